The van der Waals surface area contributed by atoms with Gasteiger partial charge >= 0.3 is 5.97 Å². The highest BCUT2D eigenvalue weighted by Gasteiger charge is 2.37. The lowest BCUT2D eigenvalue weighted by Gasteiger charge is -2.38. The molecule has 0 bridgehead atoms. The van der Waals surface area contributed by atoms with Gasteiger partial charge in [0.2, 0.25) is 5.91 Å². The van der Waals surface area contributed by atoms with E-state index in [1.165, 1.54) is 19.1 Å². The van der Waals surface area contributed by atoms with Gasteiger partial charge in [-0.1, -0.05) is 13.8 Å². The van der Waals surface area contributed by atoms with Crippen LogP contribution in [0.25, 0.3) is 11.3 Å². The molecule has 1 aromatic carbocycles. The maximum absolute atomic E-state index is 13.2. The molecule has 1 heterocycles. The first-order valence-corrected chi connectivity index (χ1v) is 11.2. The molecule has 1 aromatic heterocycles. The summed E-state index contributed by atoms with van der Waals surface area (Å²) >= 11 is 0. The molecule has 0 spiro atoms. The summed E-state index contributed by atoms with van der Waals surface area (Å²) in [7, 11) is 0. The normalized spacial score (nSPS) is 20.5. The molecule has 0 fully saturated rings. The summed E-state index contributed by atoms with van der Waals surface area (Å²) in [5.74, 6) is -0.290. The number of carbonyl (C=O) groups is 2. The average molecular weight is 459 g/mol. The second kappa shape index (κ2) is 11.2. The zero-order valence-electron chi connectivity index (χ0n) is 19.1. The summed E-state index contributed by atoms with van der Waals surface area (Å²) in [5, 5.41) is 15.9. The molecular weight excluding hydrogens is 427 g/mol. The van der Waals surface area contributed by atoms with Crippen molar-refractivity contribution in [2.45, 2.75) is 70.9 Å². The van der Waals surface area contributed by atoms with E-state index < -0.39 is 18.1 Å². The summed E-state index contributed by atoms with van der Waals surface area (Å²) in [6.45, 7) is 5.78. The van der Waals surface area contributed by atoms with E-state index in [1.807, 2.05) is 19.9 Å². The Balaban J connectivity index is 1.77. The molecule has 1 amide bonds. The van der Waals surface area contributed by atoms with Gasteiger partial charge in [-0.25, -0.2) is 9.18 Å². The summed E-state index contributed by atoms with van der Waals surface area (Å²) < 4.78 is 25.3. The molecule has 3 atom stereocenters. The highest BCUT2D eigenvalue weighted by Crippen LogP contribution is 2.26. The number of furan rings is 1. The van der Waals surface area contributed by atoms with Crippen LogP contribution < -0.4 is 10.6 Å². The third-order valence-corrected chi connectivity index (χ3v) is 5.83. The largest absolute Gasteiger partial charge is 0.478 e. The first-order chi connectivity index (χ1) is 15.8. The summed E-state index contributed by atoms with van der Waals surface area (Å²) in [6.07, 6.45) is 2.80. The van der Waals surface area contributed by atoms with E-state index in [4.69, 9.17) is 9.15 Å². The van der Waals surface area contributed by atoms with Gasteiger partial charge in [0.15, 0.2) is 0 Å². The van der Waals surface area contributed by atoms with Crippen LogP contribution in [0.4, 0.5) is 4.39 Å². The Labute approximate surface area is 193 Å². The minimum atomic E-state index is -1.00. The van der Waals surface area contributed by atoms with Gasteiger partial charge in [-0.3, -0.25) is 4.79 Å². The van der Waals surface area contributed by atoms with E-state index in [1.54, 1.807) is 24.3 Å². The van der Waals surface area contributed by atoms with Crippen LogP contribution in [0.5, 0.6) is 0 Å². The van der Waals surface area contributed by atoms with Crippen LogP contribution in [0.2, 0.25) is 0 Å². The minimum absolute atomic E-state index is 0.0420. The fraction of sp³-hybridized carbons (Fsp3) is 0.440. The maximum atomic E-state index is 13.2. The van der Waals surface area contributed by atoms with Crippen molar-refractivity contribution in [1.82, 2.24) is 10.6 Å². The van der Waals surface area contributed by atoms with Gasteiger partial charge in [-0.05, 0) is 61.7 Å². The van der Waals surface area contributed by atoms with E-state index >= 15 is 0 Å². The Bertz CT molecular complexity index is 981. The molecular formula is C25H31FN2O5. The van der Waals surface area contributed by atoms with Gasteiger partial charge in [0.25, 0.3) is 0 Å². The van der Waals surface area contributed by atoms with Crippen molar-refractivity contribution in [1.29, 1.82) is 0 Å². The van der Waals surface area contributed by atoms with Crippen molar-refractivity contribution in [2.75, 3.05) is 0 Å². The molecule has 3 N–H and O–H groups in total. The van der Waals surface area contributed by atoms with Crippen molar-refractivity contribution in [3.8, 4) is 11.3 Å². The second-order valence-corrected chi connectivity index (χ2v) is 8.23. The zero-order chi connectivity index (χ0) is 24.0. The highest BCUT2D eigenvalue weighted by molar-refractivity contribution is 5.87. The quantitative estimate of drug-likeness (QED) is 0.497. The van der Waals surface area contributed by atoms with Crippen molar-refractivity contribution in [3.05, 3.63) is 59.6 Å². The molecule has 1 aliphatic carbocycles. The molecule has 33 heavy (non-hydrogen) atoms. The van der Waals surface area contributed by atoms with E-state index in [2.05, 4.69) is 10.6 Å². The Morgan fingerprint density at radius 2 is 1.88 bits per heavy atom. The Morgan fingerprint density at radius 1 is 1.18 bits per heavy atom. The van der Waals surface area contributed by atoms with Gasteiger partial charge in [0.1, 0.15) is 17.3 Å². The van der Waals surface area contributed by atoms with Gasteiger partial charge < -0.3 is 24.9 Å². The topological polar surface area (TPSA) is 101 Å². The standard InChI is InChI=1S/C25H31FN2O5/c1-4-19(5-2)32-23-13-17(25(30)31)12-21(24(23)28-15(3)29)27-14-20-10-11-22(33-20)16-6-8-18(26)9-7-16/h6-11,13,19,21,23-24,27H,4-5,12,14H2,1-3H3,(H,28,29)(H,30,31)/t21-,23+,24+/m0/s1. The van der Waals surface area contributed by atoms with Crippen LogP contribution in [0, 0.1) is 5.82 Å². The van der Waals surface area contributed by atoms with E-state index in [0.717, 1.165) is 18.4 Å². The molecule has 0 saturated carbocycles. The van der Waals surface area contributed by atoms with Gasteiger partial charge in [-0.15, -0.1) is 0 Å². The number of amides is 1. The molecule has 1 aliphatic rings. The highest BCUT2D eigenvalue weighted by atomic mass is 19.1. The number of carbonyl (C=O) groups excluding carboxylic acids is 1. The zero-order valence-corrected chi connectivity index (χ0v) is 19.1. The molecule has 8 heteroatoms. The first kappa shape index (κ1) is 24.7. The number of halogens is 1. The summed E-state index contributed by atoms with van der Waals surface area (Å²) in [5.41, 5.74) is 1.00. The lowest BCUT2D eigenvalue weighted by atomic mass is 9.87. The first-order valence-electron chi connectivity index (χ1n) is 11.2. The van der Waals surface area contributed by atoms with Crippen molar-refractivity contribution in [2.24, 2.45) is 0 Å². The SMILES string of the molecule is CCC(CC)O[C@@H]1C=C(C(=O)O)C[C@H](NCc2ccc(-c3ccc(F)cc3)o2)[C@H]1NC(C)=O. The third kappa shape index (κ3) is 6.52. The van der Waals surface area contributed by atoms with Crippen LogP contribution in [-0.2, 0) is 20.9 Å². The minimum Gasteiger partial charge on any atom is -0.478 e. The molecule has 178 valence electrons. The number of carboxylic acids is 1. The predicted molar refractivity (Wildman–Crippen MR) is 122 cm³/mol. The number of benzene rings is 1. The molecule has 0 unspecified atom stereocenters. The molecule has 7 nitrogen and oxygen atoms in total. The summed E-state index contributed by atoms with van der Waals surface area (Å²) in [4.78, 5) is 23.7. The number of ether oxygens (including phenoxy) is 1. The van der Waals surface area contributed by atoms with Crippen LogP contribution >= 0.6 is 0 Å². The average Bonchev–Trinajstić information content (AvgIpc) is 3.26. The van der Waals surface area contributed by atoms with E-state index in [0.29, 0.717) is 18.1 Å². The number of nitrogens with one attached hydrogen (secondary N) is 2. The third-order valence-electron chi connectivity index (χ3n) is 5.83. The van der Waals surface area contributed by atoms with Crippen LogP contribution in [0.3, 0.4) is 0 Å². The van der Waals surface area contributed by atoms with E-state index in [9.17, 15) is 19.1 Å². The number of hydrogen-bond acceptors (Lipinski definition) is 5. The van der Waals surface area contributed by atoms with Gasteiger partial charge in [-0.2, -0.15) is 0 Å². The Hall–Kier alpha value is -2.97. The monoisotopic (exact) mass is 458 g/mol. The molecule has 0 aliphatic heterocycles. The van der Waals surface area contributed by atoms with Crippen LogP contribution in [0.15, 0.2) is 52.5 Å². The smallest absolute Gasteiger partial charge is 0.331 e. The lowest BCUT2D eigenvalue weighted by molar-refractivity contribution is -0.133. The van der Waals surface area contributed by atoms with Crippen LogP contribution in [0.1, 0.15) is 45.8 Å². The van der Waals surface area contributed by atoms with Crippen molar-refractivity contribution >= 4 is 11.9 Å². The number of hydrogen-bond donors (Lipinski definition) is 3. The van der Waals surface area contributed by atoms with E-state index in [-0.39, 0.29) is 35.9 Å². The fourth-order valence-electron chi connectivity index (χ4n) is 4.04. The van der Waals surface area contributed by atoms with Gasteiger partial charge in [0, 0.05) is 24.1 Å². The molecule has 3 rings (SSSR count). The van der Waals surface area contributed by atoms with Crippen LogP contribution in [-0.4, -0.2) is 41.3 Å². The Kier molecular flexibility index (Phi) is 8.41. The van der Waals surface area contributed by atoms with Crippen molar-refractivity contribution in [3.63, 3.8) is 0 Å². The predicted octanol–water partition coefficient (Wildman–Crippen LogP) is 4.04. The molecule has 2 aromatic rings. The number of aliphatic carboxylic acids is 1. The maximum Gasteiger partial charge on any atom is 0.331 e. The number of rotatable bonds is 10. The lowest BCUT2D eigenvalue weighted by Crippen LogP contribution is -2.58. The Morgan fingerprint density at radius 3 is 2.48 bits per heavy atom. The second-order valence-electron chi connectivity index (χ2n) is 8.23. The molecule has 0 radical (unpaired) electrons. The fourth-order valence-corrected chi connectivity index (χ4v) is 4.04. The van der Waals surface area contributed by atoms with Crippen molar-refractivity contribution < 1.29 is 28.2 Å². The molecule has 0 saturated heterocycles. The number of carboxylic acid groups (broad SMARTS) is 1. The van der Waals surface area contributed by atoms with Gasteiger partial charge in [0.05, 0.1) is 24.8 Å². The summed E-state index contributed by atoms with van der Waals surface area (Å²) in [6, 6.07) is 8.84.